The van der Waals surface area contributed by atoms with Crippen molar-refractivity contribution in [1.82, 2.24) is 4.90 Å². The van der Waals surface area contributed by atoms with Gasteiger partial charge in [0, 0.05) is 18.8 Å². The molecule has 43 heavy (non-hydrogen) atoms. The van der Waals surface area contributed by atoms with E-state index in [4.69, 9.17) is 37.9 Å². The molecule has 0 radical (unpaired) electrons. The summed E-state index contributed by atoms with van der Waals surface area (Å²) in [5.41, 5.74) is 0. The molecule has 0 aliphatic carbocycles. The van der Waals surface area contributed by atoms with Crippen LogP contribution in [0.15, 0.2) is 12.2 Å². The van der Waals surface area contributed by atoms with Crippen molar-refractivity contribution in [3.63, 3.8) is 0 Å². The number of hydrogen-bond acceptors (Lipinski definition) is 10. The van der Waals surface area contributed by atoms with Gasteiger partial charge in [0.15, 0.2) is 0 Å². The summed E-state index contributed by atoms with van der Waals surface area (Å²) >= 11 is 0. The van der Waals surface area contributed by atoms with E-state index in [1.807, 2.05) is 0 Å². The minimum absolute atomic E-state index is 0.248. The summed E-state index contributed by atoms with van der Waals surface area (Å²) < 4.78 is 43.8. The molecular weight excluding hydrogens is 558 g/mol. The lowest BCUT2D eigenvalue weighted by atomic mass is 10.1. The van der Waals surface area contributed by atoms with Crippen molar-refractivity contribution >= 4 is 11.8 Å². The third-order valence-electron chi connectivity index (χ3n) is 6.61. The van der Waals surface area contributed by atoms with Gasteiger partial charge in [-0.05, 0) is 6.42 Å². The quantitative estimate of drug-likeness (QED) is 0.0765. The summed E-state index contributed by atoms with van der Waals surface area (Å²) in [6, 6.07) is 0. The van der Waals surface area contributed by atoms with E-state index in [1.165, 1.54) is 69.9 Å². The maximum absolute atomic E-state index is 11.4. The standard InChI is InChI=1S/C32H59NO10/c1-2-3-4-5-6-7-8-9-10-11-15-36-17-19-38-21-23-40-25-27-42-29-30-43-28-26-41-24-22-39-20-18-37-16-14-33-31(34)12-13-32(33)35/h12-13H,2-11,14-30H2,1H3. The van der Waals surface area contributed by atoms with E-state index in [2.05, 4.69) is 6.92 Å². The van der Waals surface area contributed by atoms with Crippen molar-refractivity contribution < 1.29 is 47.5 Å². The Balaban J connectivity index is 1.62. The highest BCUT2D eigenvalue weighted by molar-refractivity contribution is 6.12. The predicted molar refractivity (Wildman–Crippen MR) is 164 cm³/mol. The molecule has 0 fully saturated rings. The van der Waals surface area contributed by atoms with Crippen LogP contribution in [0, 0.1) is 0 Å². The monoisotopic (exact) mass is 617 g/mol. The van der Waals surface area contributed by atoms with E-state index in [1.54, 1.807) is 0 Å². The van der Waals surface area contributed by atoms with Crippen LogP contribution in [0.1, 0.15) is 71.1 Å². The number of unbranched alkanes of at least 4 members (excludes halogenated alkanes) is 9. The van der Waals surface area contributed by atoms with Crippen molar-refractivity contribution in [1.29, 1.82) is 0 Å². The third kappa shape index (κ3) is 26.7. The zero-order chi connectivity index (χ0) is 30.9. The van der Waals surface area contributed by atoms with Gasteiger partial charge in [-0.1, -0.05) is 64.7 Å². The molecule has 1 heterocycles. The minimum Gasteiger partial charge on any atom is -0.379 e. The smallest absolute Gasteiger partial charge is 0.253 e. The summed E-state index contributed by atoms with van der Waals surface area (Å²) in [6.45, 7) is 10.8. The number of imide groups is 1. The second kappa shape index (κ2) is 32.0. The van der Waals surface area contributed by atoms with Crippen molar-refractivity contribution in [2.24, 2.45) is 0 Å². The van der Waals surface area contributed by atoms with E-state index >= 15 is 0 Å². The highest BCUT2D eigenvalue weighted by Crippen LogP contribution is 2.10. The summed E-state index contributed by atoms with van der Waals surface area (Å²) in [5.74, 6) is -0.598. The van der Waals surface area contributed by atoms with Crippen molar-refractivity contribution in [3.05, 3.63) is 12.2 Å². The topological polar surface area (TPSA) is 111 Å². The van der Waals surface area contributed by atoms with Crippen LogP contribution in [0.5, 0.6) is 0 Å². The summed E-state index contributed by atoms with van der Waals surface area (Å²) in [4.78, 5) is 23.9. The first-order chi connectivity index (χ1) is 21.3. The number of ether oxygens (including phenoxy) is 8. The second-order valence-corrected chi connectivity index (χ2v) is 10.2. The number of carbonyl (C=O) groups excluding carboxylic acids is 2. The van der Waals surface area contributed by atoms with Crippen molar-refractivity contribution in [2.75, 3.05) is 112 Å². The Hall–Kier alpha value is -1.44. The van der Waals surface area contributed by atoms with Crippen LogP contribution in [0.3, 0.4) is 0 Å². The molecule has 0 N–H and O–H groups in total. The first kappa shape index (κ1) is 39.6. The number of carbonyl (C=O) groups is 2. The average molecular weight is 618 g/mol. The first-order valence-electron chi connectivity index (χ1n) is 16.4. The van der Waals surface area contributed by atoms with Crippen molar-refractivity contribution in [2.45, 2.75) is 71.1 Å². The highest BCUT2D eigenvalue weighted by atomic mass is 16.6. The maximum Gasteiger partial charge on any atom is 0.253 e. The van der Waals surface area contributed by atoms with Crippen LogP contribution in [0.2, 0.25) is 0 Å². The lowest BCUT2D eigenvalue weighted by Crippen LogP contribution is -2.33. The van der Waals surface area contributed by atoms with Crippen LogP contribution < -0.4 is 0 Å². The van der Waals surface area contributed by atoms with Gasteiger partial charge in [0.1, 0.15) is 0 Å². The molecule has 11 nitrogen and oxygen atoms in total. The normalized spacial score (nSPS) is 13.2. The zero-order valence-electron chi connectivity index (χ0n) is 26.8. The largest absolute Gasteiger partial charge is 0.379 e. The van der Waals surface area contributed by atoms with Gasteiger partial charge in [-0.2, -0.15) is 0 Å². The Labute approximate surface area is 259 Å². The number of amides is 2. The number of hydrogen-bond donors (Lipinski definition) is 0. The Morgan fingerprint density at radius 3 is 1.02 bits per heavy atom. The van der Waals surface area contributed by atoms with Gasteiger partial charge >= 0.3 is 0 Å². The van der Waals surface area contributed by atoms with Gasteiger partial charge < -0.3 is 37.9 Å². The lowest BCUT2D eigenvalue weighted by molar-refractivity contribution is -0.137. The van der Waals surface area contributed by atoms with Gasteiger partial charge in [0.05, 0.1) is 106 Å². The fraction of sp³-hybridized carbons (Fsp3) is 0.875. The molecule has 0 spiro atoms. The molecule has 0 saturated carbocycles. The predicted octanol–water partition coefficient (Wildman–Crippen LogP) is 3.97. The summed E-state index contributed by atoms with van der Waals surface area (Å²) in [6.07, 6.45) is 15.9. The van der Waals surface area contributed by atoms with Crippen LogP contribution in [-0.2, 0) is 47.5 Å². The fourth-order valence-electron chi connectivity index (χ4n) is 4.14. The molecule has 0 aromatic heterocycles. The molecule has 0 aromatic rings. The third-order valence-corrected chi connectivity index (χ3v) is 6.61. The molecule has 0 bridgehead atoms. The Morgan fingerprint density at radius 2 is 0.674 bits per heavy atom. The van der Waals surface area contributed by atoms with Crippen LogP contribution in [0.4, 0.5) is 0 Å². The lowest BCUT2D eigenvalue weighted by Gasteiger charge is -2.13. The van der Waals surface area contributed by atoms with E-state index in [0.717, 1.165) is 17.9 Å². The van der Waals surface area contributed by atoms with Crippen molar-refractivity contribution in [3.8, 4) is 0 Å². The summed E-state index contributed by atoms with van der Waals surface area (Å²) in [5, 5.41) is 0. The number of rotatable bonds is 35. The first-order valence-corrected chi connectivity index (χ1v) is 16.4. The maximum atomic E-state index is 11.4. The fourth-order valence-corrected chi connectivity index (χ4v) is 4.14. The minimum atomic E-state index is -0.299. The zero-order valence-corrected chi connectivity index (χ0v) is 26.8. The molecule has 1 aliphatic heterocycles. The Bertz CT molecular complexity index is 646. The van der Waals surface area contributed by atoms with Gasteiger partial charge in [-0.25, -0.2) is 0 Å². The molecule has 2 amide bonds. The van der Waals surface area contributed by atoms with Gasteiger partial charge in [-0.15, -0.1) is 0 Å². The highest BCUT2D eigenvalue weighted by Gasteiger charge is 2.22. The van der Waals surface area contributed by atoms with Gasteiger partial charge in [-0.3, -0.25) is 14.5 Å². The molecule has 0 atom stereocenters. The van der Waals surface area contributed by atoms with Gasteiger partial charge in [0.25, 0.3) is 11.8 Å². The molecule has 0 saturated heterocycles. The van der Waals surface area contributed by atoms with E-state index in [9.17, 15) is 9.59 Å². The molecule has 1 aliphatic rings. The van der Waals surface area contributed by atoms with E-state index in [-0.39, 0.29) is 25.0 Å². The molecule has 1 rings (SSSR count). The molecule has 252 valence electrons. The number of nitrogens with zero attached hydrogens (tertiary/aromatic N) is 1. The van der Waals surface area contributed by atoms with Crippen LogP contribution >= 0.6 is 0 Å². The molecule has 0 aromatic carbocycles. The molecule has 0 unspecified atom stereocenters. The summed E-state index contributed by atoms with van der Waals surface area (Å²) in [7, 11) is 0. The van der Waals surface area contributed by atoms with Gasteiger partial charge in [0.2, 0.25) is 0 Å². The second-order valence-electron chi connectivity index (χ2n) is 10.2. The van der Waals surface area contributed by atoms with Crippen LogP contribution in [0.25, 0.3) is 0 Å². The van der Waals surface area contributed by atoms with Crippen LogP contribution in [-0.4, -0.2) is 129 Å². The molecule has 11 heteroatoms. The average Bonchev–Trinajstić information content (AvgIpc) is 3.33. The Morgan fingerprint density at radius 1 is 0.395 bits per heavy atom. The van der Waals surface area contributed by atoms with E-state index < -0.39 is 0 Å². The SMILES string of the molecule is CCCCCCCCCCCCOCCOCCOCCOCCOCCOCCOCCOCCN1C(=O)C=CC1=O. The Kier molecular flexibility index (Phi) is 29.4. The van der Waals surface area contributed by atoms with E-state index in [0.29, 0.717) is 92.5 Å². The molecular formula is C32H59NO10.